The second-order valence-corrected chi connectivity index (χ2v) is 6.10. The highest BCUT2D eigenvalue weighted by Gasteiger charge is 2.44. The molecule has 0 N–H and O–H groups in total. The van der Waals surface area contributed by atoms with Crippen LogP contribution in [0.25, 0.3) is 0 Å². The second kappa shape index (κ2) is 6.92. The van der Waals surface area contributed by atoms with Crippen molar-refractivity contribution in [3.8, 4) is 0 Å². The van der Waals surface area contributed by atoms with Crippen LogP contribution in [0.3, 0.4) is 0 Å². The lowest BCUT2D eigenvalue weighted by Gasteiger charge is -2.40. The van der Waals surface area contributed by atoms with E-state index in [1.54, 1.807) is 13.4 Å². The zero-order chi connectivity index (χ0) is 14.7. The van der Waals surface area contributed by atoms with E-state index in [-0.39, 0.29) is 0 Å². The minimum Gasteiger partial charge on any atom is -0.468 e. The fourth-order valence-electron chi connectivity index (χ4n) is 3.81. The summed E-state index contributed by atoms with van der Waals surface area (Å²) in [5.41, 5.74) is 0. The Morgan fingerprint density at radius 3 is 2.95 bits per heavy atom. The van der Waals surface area contributed by atoms with Crippen molar-refractivity contribution >= 4 is 0 Å². The maximum absolute atomic E-state index is 5.73. The summed E-state index contributed by atoms with van der Waals surface area (Å²) >= 11 is 0. The highest BCUT2D eigenvalue weighted by atomic mass is 16.5. The molecular formula is C16H26N2O3. The summed E-state index contributed by atoms with van der Waals surface area (Å²) in [5.74, 6) is 1.65. The van der Waals surface area contributed by atoms with Gasteiger partial charge in [0.15, 0.2) is 0 Å². The lowest BCUT2D eigenvalue weighted by Crippen LogP contribution is -2.50. The molecule has 1 aromatic rings. The van der Waals surface area contributed by atoms with Crippen LogP contribution in [0.4, 0.5) is 0 Å². The van der Waals surface area contributed by atoms with Crippen molar-refractivity contribution in [2.45, 2.75) is 25.1 Å². The lowest BCUT2D eigenvalue weighted by molar-refractivity contribution is -0.0262. The standard InChI is InChI=1S/C16H26N2O3/c1-19-9-7-17-11-14-15(12-17)18(6-5-16(14)20-2)10-13-4-3-8-21-13/h3-4,8,14-16H,5-7,9-12H2,1-2H3/t14-,15+,16-/m1/s1. The normalized spacial score (nSPS) is 30.7. The predicted molar refractivity (Wildman–Crippen MR) is 80.1 cm³/mol. The average Bonchev–Trinajstić information content (AvgIpc) is 3.14. The van der Waals surface area contributed by atoms with Crippen molar-refractivity contribution in [2.24, 2.45) is 5.92 Å². The molecule has 0 amide bonds. The Bertz CT molecular complexity index is 423. The summed E-state index contributed by atoms with van der Waals surface area (Å²) in [4.78, 5) is 5.07. The first-order valence-corrected chi connectivity index (χ1v) is 7.82. The third kappa shape index (κ3) is 3.31. The highest BCUT2D eigenvalue weighted by molar-refractivity contribution is 5.03. The van der Waals surface area contributed by atoms with Crippen molar-refractivity contribution in [3.63, 3.8) is 0 Å². The van der Waals surface area contributed by atoms with Crippen molar-refractivity contribution in [1.82, 2.24) is 9.80 Å². The number of fused-ring (bicyclic) bond motifs is 1. The molecule has 3 rings (SSSR count). The summed E-state index contributed by atoms with van der Waals surface area (Å²) in [5, 5.41) is 0. The summed E-state index contributed by atoms with van der Waals surface area (Å²) in [6.07, 6.45) is 3.25. The molecule has 0 aliphatic carbocycles. The van der Waals surface area contributed by atoms with E-state index >= 15 is 0 Å². The molecule has 2 aliphatic rings. The van der Waals surface area contributed by atoms with Gasteiger partial charge in [-0.05, 0) is 18.6 Å². The van der Waals surface area contributed by atoms with E-state index in [1.807, 2.05) is 13.2 Å². The second-order valence-electron chi connectivity index (χ2n) is 6.10. The summed E-state index contributed by atoms with van der Waals surface area (Å²) in [7, 11) is 3.62. The van der Waals surface area contributed by atoms with Gasteiger partial charge in [0.25, 0.3) is 0 Å². The molecule has 0 radical (unpaired) electrons. The van der Waals surface area contributed by atoms with Gasteiger partial charge in [0, 0.05) is 52.4 Å². The van der Waals surface area contributed by atoms with Crippen LogP contribution < -0.4 is 0 Å². The molecule has 3 heterocycles. The van der Waals surface area contributed by atoms with Crippen LogP contribution in [0.5, 0.6) is 0 Å². The molecular weight excluding hydrogens is 268 g/mol. The molecule has 2 aliphatic heterocycles. The molecule has 21 heavy (non-hydrogen) atoms. The third-order valence-corrected chi connectivity index (χ3v) is 4.91. The van der Waals surface area contributed by atoms with Gasteiger partial charge in [-0.3, -0.25) is 9.80 Å². The van der Waals surface area contributed by atoms with E-state index in [9.17, 15) is 0 Å². The monoisotopic (exact) mass is 294 g/mol. The van der Waals surface area contributed by atoms with Crippen LogP contribution in [0.1, 0.15) is 12.2 Å². The van der Waals surface area contributed by atoms with Gasteiger partial charge in [-0.1, -0.05) is 0 Å². The highest BCUT2D eigenvalue weighted by Crippen LogP contribution is 2.33. The van der Waals surface area contributed by atoms with Crippen molar-refractivity contribution in [3.05, 3.63) is 24.2 Å². The fraction of sp³-hybridized carbons (Fsp3) is 0.750. The summed E-state index contributed by atoms with van der Waals surface area (Å²) in [6.45, 7) is 6.01. The van der Waals surface area contributed by atoms with Crippen LogP contribution >= 0.6 is 0 Å². The number of nitrogens with zero attached hydrogens (tertiary/aromatic N) is 2. The Morgan fingerprint density at radius 2 is 2.24 bits per heavy atom. The van der Waals surface area contributed by atoms with E-state index in [1.165, 1.54) is 0 Å². The van der Waals surface area contributed by atoms with Gasteiger partial charge in [0.1, 0.15) is 5.76 Å². The van der Waals surface area contributed by atoms with Gasteiger partial charge in [-0.2, -0.15) is 0 Å². The van der Waals surface area contributed by atoms with Gasteiger partial charge in [0.2, 0.25) is 0 Å². The number of rotatable bonds is 6. The Morgan fingerprint density at radius 1 is 1.33 bits per heavy atom. The summed E-state index contributed by atoms with van der Waals surface area (Å²) < 4.78 is 16.5. The zero-order valence-corrected chi connectivity index (χ0v) is 13.0. The number of furan rings is 1. The van der Waals surface area contributed by atoms with Crippen LogP contribution in [0, 0.1) is 5.92 Å². The van der Waals surface area contributed by atoms with Crippen LogP contribution in [-0.2, 0) is 16.0 Å². The SMILES string of the molecule is COCCN1C[C@H]2[C@H](OC)CCN(Cc3ccco3)[C@H]2C1. The van der Waals surface area contributed by atoms with E-state index < -0.39 is 0 Å². The molecule has 0 aromatic carbocycles. The Hall–Kier alpha value is -0.880. The smallest absolute Gasteiger partial charge is 0.117 e. The minimum atomic E-state index is 0.385. The minimum absolute atomic E-state index is 0.385. The molecule has 0 spiro atoms. The first-order valence-electron chi connectivity index (χ1n) is 7.82. The van der Waals surface area contributed by atoms with Crippen molar-refractivity contribution in [2.75, 3.05) is 47.0 Å². The van der Waals surface area contributed by atoms with Crippen LogP contribution in [0.2, 0.25) is 0 Å². The van der Waals surface area contributed by atoms with Gasteiger partial charge in [-0.15, -0.1) is 0 Å². The van der Waals surface area contributed by atoms with Crippen molar-refractivity contribution < 1.29 is 13.9 Å². The number of hydrogen-bond donors (Lipinski definition) is 0. The van der Waals surface area contributed by atoms with E-state index in [4.69, 9.17) is 13.9 Å². The number of ether oxygens (including phenoxy) is 2. The topological polar surface area (TPSA) is 38.1 Å². The summed E-state index contributed by atoms with van der Waals surface area (Å²) in [6, 6.07) is 4.59. The molecule has 0 saturated carbocycles. The third-order valence-electron chi connectivity index (χ3n) is 4.91. The maximum Gasteiger partial charge on any atom is 0.117 e. The van der Waals surface area contributed by atoms with E-state index in [0.717, 1.165) is 51.5 Å². The predicted octanol–water partition coefficient (Wildman–Crippen LogP) is 1.45. The molecule has 5 heteroatoms. The molecule has 3 atom stereocenters. The number of likely N-dealkylation sites (tertiary alicyclic amines) is 2. The molecule has 118 valence electrons. The molecule has 0 unspecified atom stereocenters. The molecule has 2 saturated heterocycles. The van der Waals surface area contributed by atoms with Gasteiger partial charge in [-0.25, -0.2) is 0 Å². The zero-order valence-electron chi connectivity index (χ0n) is 13.0. The lowest BCUT2D eigenvalue weighted by atomic mass is 9.89. The van der Waals surface area contributed by atoms with Gasteiger partial charge >= 0.3 is 0 Å². The van der Waals surface area contributed by atoms with Crippen molar-refractivity contribution in [1.29, 1.82) is 0 Å². The van der Waals surface area contributed by atoms with E-state index in [0.29, 0.717) is 18.1 Å². The average molecular weight is 294 g/mol. The molecule has 5 nitrogen and oxygen atoms in total. The van der Waals surface area contributed by atoms with E-state index in [2.05, 4.69) is 15.9 Å². The van der Waals surface area contributed by atoms with Gasteiger partial charge in [0.05, 0.1) is 25.5 Å². The Labute approximate surface area is 126 Å². The number of hydrogen-bond acceptors (Lipinski definition) is 5. The number of methoxy groups -OCH3 is 2. The number of piperidine rings is 1. The fourth-order valence-corrected chi connectivity index (χ4v) is 3.81. The van der Waals surface area contributed by atoms with Crippen LogP contribution in [-0.4, -0.2) is 69.0 Å². The maximum atomic E-state index is 5.73. The Balaban J connectivity index is 1.66. The molecule has 2 fully saturated rings. The largest absolute Gasteiger partial charge is 0.468 e. The van der Waals surface area contributed by atoms with Crippen LogP contribution in [0.15, 0.2) is 22.8 Å². The van der Waals surface area contributed by atoms with Gasteiger partial charge < -0.3 is 13.9 Å². The Kier molecular flexibility index (Phi) is 4.95. The molecule has 1 aromatic heterocycles. The first-order chi connectivity index (χ1) is 10.3. The quantitative estimate of drug-likeness (QED) is 0.794. The first kappa shape index (κ1) is 15.0. The molecule has 0 bridgehead atoms.